The number of benzene rings is 6. The zero-order valence-corrected chi connectivity index (χ0v) is 53.0. The quantitative estimate of drug-likeness (QED) is 0.0888. The van der Waals surface area contributed by atoms with Crippen LogP contribution in [0.25, 0.3) is 32.7 Å². The molecular formula is C65H64BBrN10O12S2. The van der Waals surface area contributed by atoms with Crippen molar-refractivity contribution in [1.29, 1.82) is 0 Å². The molecule has 6 aromatic carbocycles. The number of ether oxygens (including phenoxy) is 1. The minimum atomic E-state index is -3.84. The highest BCUT2D eigenvalue weighted by Crippen LogP contribution is 2.52. The van der Waals surface area contributed by atoms with Gasteiger partial charge in [0.25, 0.3) is 0 Å². The number of halogens is 1. The van der Waals surface area contributed by atoms with E-state index >= 15 is 0 Å². The van der Waals surface area contributed by atoms with Crippen LogP contribution < -0.4 is 36.6 Å². The number of hydrogen-bond donors (Lipinski definition) is 6. The van der Waals surface area contributed by atoms with E-state index in [0.29, 0.717) is 51.0 Å². The maximum Gasteiger partial charge on any atom is 0.488 e. The summed E-state index contributed by atoms with van der Waals surface area (Å²) in [7, 11) is -9.15. The summed E-state index contributed by atoms with van der Waals surface area (Å²) in [6.45, 7) is 7.07. The number of amides is 5. The Balaban J connectivity index is 0.000000148. The number of hydrogen-bond acceptors (Lipinski definition) is 15. The van der Waals surface area contributed by atoms with Crippen LogP contribution in [0.3, 0.4) is 0 Å². The molecule has 0 atom stereocenters. The molecule has 22 nitrogen and oxygen atoms in total. The van der Waals surface area contributed by atoms with Crippen molar-refractivity contribution in [3.63, 3.8) is 0 Å². The Morgan fingerprint density at radius 1 is 0.615 bits per heavy atom. The van der Waals surface area contributed by atoms with Crippen LogP contribution in [0.1, 0.15) is 69.0 Å². The molecule has 26 heteroatoms. The second kappa shape index (κ2) is 23.0. The summed E-state index contributed by atoms with van der Waals surface area (Å²) in [4.78, 5) is 83.1. The number of anilines is 2. The molecule has 468 valence electrons. The first-order chi connectivity index (χ1) is 43.0. The number of pyridine rings is 2. The van der Waals surface area contributed by atoms with Crippen molar-refractivity contribution in [1.82, 2.24) is 25.1 Å². The fraction of sp³-hybridized carbons (Fsp3) is 0.277. The van der Waals surface area contributed by atoms with E-state index in [9.17, 15) is 40.8 Å². The number of alkyl carbamates (subject to hydrolysis) is 1. The van der Waals surface area contributed by atoms with Gasteiger partial charge in [0, 0.05) is 70.8 Å². The van der Waals surface area contributed by atoms with E-state index in [1.165, 1.54) is 36.4 Å². The Labute approximate surface area is 533 Å². The third kappa shape index (κ3) is 11.7. The van der Waals surface area contributed by atoms with Gasteiger partial charge in [-0.15, -0.1) is 0 Å². The topological polar surface area (TPSA) is 332 Å². The molecule has 91 heavy (non-hydrogen) atoms. The third-order valence-electron chi connectivity index (χ3n) is 17.5. The van der Waals surface area contributed by atoms with E-state index in [0.717, 1.165) is 65.3 Å². The van der Waals surface area contributed by atoms with E-state index in [1.807, 2.05) is 103 Å². The molecule has 6 heterocycles. The minimum Gasteiger partial charge on any atom is -0.444 e. The fourth-order valence-corrected chi connectivity index (χ4v) is 14.1. The van der Waals surface area contributed by atoms with E-state index in [4.69, 9.17) is 35.8 Å². The molecule has 0 bridgehead atoms. The molecular weight excluding hydrogens is 1270 g/mol. The van der Waals surface area contributed by atoms with Crippen molar-refractivity contribution in [2.45, 2.75) is 96.8 Å². The standard InChI is InChI=1S/C30H27N5O4S.C29H29BrN4O4.C6H8BNO4S/c31-30(13-14-30)28(37)34-17-29(18-34)23-7-3-4-8-25(23)35(27(29)36)16-24-26(22-6-2-1-5-20(22)15-33-24)19-9-11-21(12-10-19)40(32,38)39;1-27(2,3)38-26(37)32-29(12-13-29)25(36)33-16-28(17-33)20-10-6-7-11-22(20)34(24(28)35)15-21-23(30)19-9-5-4-8-18(19)14-31-21;8-13(11,12)6-3-1-5(2-4-6)7(9)10/h1-12,15H,13-14,16-18,31H2,(H2,32,38,39);4-11,14H,12-13,15-17H2,1-3H3,(H,32,37);1-4,9-10H,(H2,8,11,12). The average molecular weight is 1330 g/mol. The number of sulfonamides is 2. The molecule has 2 aliphatic carbocycles. The lowest BCUT2D eigenvalue weighted by Gasteiger charge is -2.48. The van der Waals surface area contributed by atoms with Crippen molar-refractivity contribution < 1.29 is 55.6 Å². The van der Waals surface area contributed by atoms with Gasteiger partial charge < -0.3 is 45.4 Å². The average Bonchev–Trinajstić information content (AvgIpc) is 1.55. The number of nitrogens with zero attached hydrogens (tertiary/aromatic N) is 6. The highest BCUT2D eigenvalue weighted by Gasteiger charge is 2.64. The van der Waals surface area contributed by atoms with Crippen molar-refractivity contribution in [3.05, 3.63) is 185 Å². The maximum atomic E-state index is 14.1. The molecule has 8 aromatic rings. The van der Waals surface area contributed by atoms with Crippen LogP contribution in [0, 0.1) is 0 Å². The van der Waals surface area contributed by atoms with Crippen LogP contribution >= 0.6 is 15.9 Å². The number of nitrogens with two attached hydrogens (primary N) is 3. The lowest BCUT2D eigenvalue weighted by atomic mass is 9.74. The Morgan fingerprint density at radius 2 is 1.05 bits per heavy atom. The van der Waals surface area contributed by atoms with Crippen LogP contribution in [0.5, 0.6) is 0 Å². The van der Waals surface area contributed by atoms with Crippen LogP contribution in [0.4, 0.5) is 16.2 Å². The first-order valence-corrected chi connectivity index (χ1v) is 33.2. The van der Waals surface area contributed by atoms with Gasteiger partial charge in [0.15, 0.2) is 0 Å². The summed E-state index contributed by atoms with van der Waals surface area (Å²) in [5.41, 5.74) is 8.93. The molecule has 2 saturated heterocycles. The molecule has 2 aromatic heterocycles. The second-order valence-electron chi connectivity index (χ2n) is 25.0. The summed E-state index contributed by atoms with van der Waals surface area (Å²) in [6, 6.07) is 42.7. The largest absolute Gasteiger partial charge is 0.488 e. The molecule has 2 saturated carbocycles. The van der Waals surface area contributed by atoms with E-state index in [1.54, 1.807) is 58.7 Å². The van der Waals surface area contributed by atoms with Crippen molar-refractivity contribution >= 4 is 111 Å². The van der Waals surface area contributed by atoms with Crippen LogP contribution in [0.15, 0.2) is 172 Å². The zero-order chi connectivity index (χ0) is 64.8. The molecule has 5 amide bonds. The Hall–Kier alpha value is -8.47. The van der Waals surface area contributed by atoms with Gasteiger partial charge in [-0.1, -0.05) is 109 Å². The van der Waals surface area contributed by atoms with Gasteiger partial charge in [-0.3, -0.25) is 29.1 Å². The first kappa shape index (κ1) is 62.7. The number of rotatable bonds is 11. The smallest absolute Gasteiger partial charge is 0.444 e. The molecule has 4 fully saturated rings. The molecule has 6 aliphatic rings. The molecule has 0 unspecified atom stereocenters. The molecule has 0 radical (unpaired) electrons. The summed E-state index contributed by atoms with van der Waals surface area (Å²) in [5, 5.41) is 34.2. The molecule has 4 aliphatic heterocycles. The van der Waals surface area contributed by atoms with Gasteiger partial charge >= 0.3 is 13.2 Å². The van der Waals surface area contributed by atoms with Crippen molar-refractivity contribution in [2.75, 3.05) is 36.0 Å². The normalized spacial score (nSPS) is 17.6. The third-order valence-corrected chi connectivity index (χ3v) is 20.3. The van der Waals surface area contributed by atoms with Crippen LogP contribution in [-0.2, 0) is 67.9 Å². The lowest BCUT2D eigenvalue weighted by Crippen LogP contribution is -2.68. The second-order valence-corrected chi connectivity index (χ2v) is 28.9. The van der Waals surface area contributed by atoms with Gasteiger partial charge in [-0.25, -0.2) is 31.9 Å². The summed E-state index contributed by atoms with van der Waals surface area (Å²) in [5.74, 6) is -0.334. The molecule has 14 rings (SSSR count). The number of carbonyl (C=O) groups is 5. The summed E-state index contributed by atoms with van der Waals surface area (Å²) in [6.07, 6.45) is 5.50. The van der Waals surface area contributed by atoms with E-state index in [2.05, 4.69) is 26.2 Å². The minimum absolute atomic E-state index is 0.0196. The number of primary sulfonamides is 2. The number of carbonyl (C=O) groups excluding carboxylic acids is 5. The van der Waals surface area contributed by atoms with E-state index < -0.39 is 60.8 Å². The summed E-state index contributed by atoms with van der Waals surface area (Å²) >= 11 is 3.71. The van der Waals surface area contributed by atoms with Gasteiger partial charge in [0.1, 0.15) is 22.0 Å². The monoisotopic (exact) mass is 1330 g/mol. The van der Waals surface area contributed by atoms with Crippen molar-refractivity contribution in [2.24, 2.45) is 16.0 Å². The Morgan fingerprint density at radius 3 is 1.54 bits per heavy atom. The van der Waals surface area contributed by atoms with Gasteiger partial charge in [-0.05, 0) is 132 Å². The van der Waals surface area contributed by atoms with Gasteiger partial charge in [0.05, 0.1) is 39.8 Å². The van der Waals surface area contributed by atoms with Gasteiger partial charge in [-0.2, -0.15) is 0 Å². The Bertz CT molecular complexity index is 4530. The van der Waals surface area contributed by atoms with E-state index in [-0.39, 0.29) is 58.5 Å². The Kier molecular flexibility index (Phi) is 15.9. The number of para-hydroxylation sites is 2. The molecule has 9 N–H and O–H groups in total. The maximum absolute atomic E-state index is 14.1. The highest BCUT2D eigenvalue weighted by atomic mass is 79.9. The zero-order valence-electron chi connectivity index (χ0n) is 49.7. The predicted octanol–water partition coefficient (Wildman–Crippen LogP) is 5.36. The number of fused-ring (bicyclic) bond motifs is 6. The molecule has 2 spiro atoms. The fourth-order valence-electron chi connectivity index (χ4n) is 12.5. The summed E-state index contributed by atoms with van der Waals surface area (Å²) < 4.78 is 51.5. The number of nitrogens with one attached hydrogen (secondary N) is 1. The van der Waals surface area contributed by atoms with Crippen LogP contribution in [-0.4, -0.2) is 126 Å². The number of likely N-dealkylation sites (tertiary alicyclic amines) is 2. The first-order valence-electron chi connectivity index (χ1n) is 29.3. The number of aromatic nitrogens is 2. The predicted molar refractivity (Wildman–Crippen MR) is 345 cm³/mol. The lowest BCUT2D eigenvalue weighted by molar-refractivity contribution is -0.147. The van der Waals surface area contributed by atoms with Crippen molar-refractivity contribution in [3.8, 4) is 11.1 Å². The van der Waals surface area contributed by atoms with Gasteiger partial charge in [0.2, 0.25) is 43.7 Å². The SMILES string of the molecule is CC(C)(C)OC(=O)NC1(C(=O)N2CC3(C2)C(=O)N(Cc2ncc4ccccc4c2Br)c2ccccc23)CC1.NC1(C(=O)N2CC3(C2)C(=O)N(Cc2ncc4ccccc4c2-c2ccc(S(N)(=O)=O)cc2)c2ccccc23)CC1.NS(=O)(=O)c1ccc(B(O)O)cc1. The van der Waals surface area contributed by atoms with Crippen LogP contribution in [0.2, 0.25) is 0 Å². The highest BCUT2D eigenvalue weighted by molar-refractivity contribution is 9.10.